The average molecular weight is 479 g/mol. The fourth-order valence-electron chi connectivity index (χ4n) is 3.52. The Morgan fingerprint density at radius 3 is 2.17 bits per heavy atom. The van der Waals surface area contributed by atoms with E-state index in [0.29, 0.717) is 11.4 Å². The molecular weight excluding hydrogens is 448 g/mol. The summed E-state index contributed by atoms with van der Waals surface area (Å²) in [5.74, 6) is -1.58. The van der Waals surface area contributed by atoms with Crippen LogP contribution in [0.4, 0.5) is 16.2 Å². The van der Waals surface area contributed by atoms with Gasteiger partial charge in [0.1, 0.15) is 11.6 Å². The summed E-state index contributed by atoms with van der Waals surface area (Å²) in [6.07, 6.45) is -0.499. The summed E-state index contributed by atoms with van der Waals surface area (Å²) in [6, 6.07) is 17.2. The highest BCUT2D eigenvalue weighted by Gasteiger charge is 2.25. The van der Waals surface area contributed by atoms with Crippen LogP contribution < -0.4 is 10.6 Å². The number of hydrogen-bond acceptors (Lipinski definition) is 6. The standard InChI is InChI=1S/C27H30N2O6/c1-5-34-25(32)23(29-26(33)35-27(2,3)4)14-17-10-12-20(13-11-17)28-22-16-19-9-7-6-8-18(19)15-21(22)24(30)31/h6-13,15-16,23,28H,5,14H2,1-4H3,(H,29,33)(H,30,31)/t23-/m0/s1. The second-order valence-corrected chi connectivity index (χ2v) is 9.03. The van der Waals surface area contributed by atoms with E-state index >= 15 is 0 Å². The van der Waals surface area contributed by atoms with Crippen molar-refractivity contribution < 1.29 is 29.0 Å². The molecule has 0 aliphatic rings. The zero-order valence-electron chi connectivity index (χ0n) is 20.3. The van der Waals surface area contributed by atoms with Gasteiger partial charge in [0.25, 0.3) is 0 Å². The summed E-state index contributed by atoms with van der Waals surface area (Å²) in [4.78, 5) is 36.4. The highest BCUT2D eigenvalue weighted by molar-refractivity contribution is 6.01. The maximum Gasteiger partial charge on any atom is 0.408 e. The van der Waals surface area contributed by atoms with Gasteiger partial charge in [0.05, 0.1) is 17.9 Å². The van der Waals surface area contributed by atoms with E-state index in [9.17, 15) is 19.5 Å². The largest absolute Gasteiger partial charge is 0.478 e. The Kier molecular flexibility index (Phi) is 7.96. The highest BCUT2D eigenvalue weighted by Crippen LogP contribution is 2.27. The van der Waals surface area contributed by atoms with Crippen molar-refractivity contribution in [2.24, 2.45) is 0 Å². The van der Waals surface area contributed by atoms with Gasteiger partial charge < -0.3 is 25.2 Å². The van der Waals surface area contributed by atoms with Crippen LogP contribution in [0.1, 0.15) is 43.6 Å². The molecule has 0 aromatic heterocycles. The van der Waals surface area contributed by atoms with E-state index in [2.05, 4.69) is 10.6 Å². The van der Waals surface area contributed by atoms with E-state index in [1.54, 1.807) is 64.1 Å². The van der Waals surface area contributed by atoms with Gasteiger partial charge >= 0.3 is 18.0 Å². The lowest BCUT2D eigenvalue weighted by molar-refractivity contribution is -0.145. The molecule has 1 amide bonds. The van der Waals surface area contributed by atoms with E-state index in [4.69, 9.17) is 9.47 Å². The number of amides is 1. The summed E-state index contributed by atoms with van der Waals surface area (Å²) < 4.78 is 10.4. The number of carboxylic acids is 1. The zero-order chi connectivity index (χ0) is 25.6. The van der Waals surface area contributed by atoms with E-state index < -0.39 is 29.7 Å². The monoisotopic (exact) mass is 478 g/mol. The number of ether oxygens (including phenoxy) is 2. The second kappa shape index (κ2) is 10.9. The number of fused-ring (bicyclic) bond motifs is 1. The molecule has 0 spiro atoms. The van der Waals surface area contributed by atoms with Crippen molar-refractivity contribution in [3.05, 3.63) is 71.8 Å². The number of carbonyl (C=O) groups is 3. The normalized spacial score (nSPS) is 12.0. The van der Waals surface area contributed by atoms with Crippen LogP contribution in [0.5, 0.6) is 0 Å². The molecule has 0 saturated heterocycles. The molecule has 8 heteroatoms. The smallest absolute Gasteiger partial charge is 0.408 e. The van der Waals surface area contributed by atoms with Crippen LogP contribution in [-0.2, 0) is 20.7 Å². The Balaban J connectivity index is 1.77. The van der Waals surface area contributed by atoms with Gasteiger partial charge in [-0.1, -0.05) is 36.4 Å². The Morgan fingerprint density at radius 2 is 1.60 bits per heavy atom. The number of esters is 1. The third kappa shape index (κ3) is 7.20. The van der Waals surface area contributed by atoms with Crippen LogP contribution in [0.25, 0.3) is 10.8 Å². The van der Waals surface area contributed by atoms with Gasteiger partial charge in [-0.2, -0.15) is 0 Å². The molecule has 35 heavy (non-hydrogen) atoms. The van der Waals surface area contributed by atoms with Crippen LogP contribution in [0.15, 0.2) is 60.7 Å². The number of rotatable bonds is 8. The molecule has 0 unspecified atom stereocenters. The van der Waals surface area contributed by atoms with Gasteiger partial charge in [-0.25, -0.2) is 14.4 Å². The number of hydrogen-bond donors (Lipinski definition) is 3. The van der Waals surface area contributed by atoms with E-state index in [1.807, 2.05) is 24.3 Å². The minimum absolute atomic E-state index is 0.164. The molecule has 3 aromatic rings. The molecule has 0 radical (unpaired) electrons. The molecule has 3 aromatic carbocycles. The summed E-state index contributed by atoms with van der Waals surface area (Å²) in [5.41, 5.74) is 1.39. The zero-order valence-corrected chi connectivity index (χ0v) is 20.3. The first-order valence-corrected chi connectivity index (χ1v) is 11.3. The van der Waals surface area contributed by atoms with Crippen molar-refractivity contribution >= 4 is 40.2 Å². The topological polar surface area (TPSA) is 114 Å². The molecule has 184 valence electrons. The molecule has 0 saturated carbocycles. The van der Waals surface area contributed by atoms with Gasteiger partial charge in [0, 0.05) is 12.1 Å². The number of anilines is 2. The maximum absolute atomic E-state index is 12.4. The molecule has 3 N–H and O–H groups in total. The lowest BCUT2D eigenvalue weighted by Gasteiger charge is -2.23. The average Bonchev–Trinajstić information content (AvgIpc) is 2.78. The minimum atomic E-state index is -1.03. The van der Waals surface area contributed by atoms with Crippen molar-refractivity contribution in [3.63, 3.8) is 0 Å². The fourth-order valence-corrected chi connectivity index (χ4v) is 3.52. The highest BCUT2D eigenvalue weighted by atomic mass is 16.6. The first-order chi connectivity index (χ1) is 16.6. The minimum Gasteiger partial charge on any atom is -0.478 e. The molecule has 0 fully saturated rings. The Hall–Kier alpha value is -4.07. The van der Waals surface area contributed by atoms with Crippen molar-refractivity contribution in [3.8, 4) is 0 Å². The van der Waals surface area contributed by atoms with E-state index in [0.717, 1.165) is 16.3 Å². The van der Waals surface area contributed by atoms with Crippen LogP contribution in [0.2, 0.25) is 0 Å². The Labute approximate surface area is 204 Å². The Bertz CT molecular complexity index is 1210. The predicted octanol–water partition coefficient (Wildman–Crippen LogP) is 5.28. The fraction of sp³-hybridized carbons (Fsp3) is 0.296. The van der Waals surface area contributed by atoms with E-state index in [-0.39, 0.29) is 18.6 Å². The third-order valence-corrected chi connectivity index (χ3v) is 5.05. The first-order valence-electron chi connectivity index (χ1n) is 11.3. The van der Waals surface area contributed by atoms with Crippen molar-refractivity contribution in [2.45, 2.75) is 45.8 Å². The Morgan fingerprint density at radius 1 is 0.971 bits per heavy atom. The van der Waals surface area contributed by atoms with Crippen molar-refractivity contribution in [1.29, 1.82) is 0 Å². The number of carboxylic acid groups (broad SMARTS) is 1. The molecule has 0 aliphatic heterocycles. The molecule has 8 nitrogen and oxygen atoms in total. The quantitative estimate of drug-likeness (QED) is 0.377. The molecular formula is C27H30N2O6. The number of alkyl carbamates (subject to hydrolysis) is 1. The number of benzene rings is 3. The maximum atomic E-state index is 12.4. The van der Waals surface area contributed by atoms with E-state index in [1.165, 1.54) is 0 Å². The van der Waals surface area contributed by atoms with Crippen LogP contribution in [0.3, 0.4) is 0 Å². The summed E-state index contributed by atoms with van der Waals surface area (Å²) in [5, 5.41) is 17.2. The molecule has 0 bridgehead atoms. The van der Waals surface area contributed by atoms with Crippen LogP contribution in [0, 0.1) is 0 Å². The number of nitrogens with one attached hydrogen (secondary N) is 2. The van der Waals surface area contributed by atoms with Crippen LogP contribution in [-0.4, -0.2) is 41.4 Å². The summed E-state index contributed by atoms with van der Waals surface area (Å²) in [6.45, 7) is 7.10. The van der Waals surface area contributed by atoms with Gasteiger partial charge in [0.2, 0.25) is 0 Å². The third-order valence-electron chi connectivity index (χ3n) is 5.05. The second-order valence-electron chi connectivity index (χ2n) is 9.03. The SMILES string of the molecule is CCOC(=O)[C@H](Cc1ccc(Nc2cc3ccccc3cc2C(=O)O)cc1)NC(=O)OC(C)(C)C. The lowest BCUT2D eigenvalue weighted by Crippen LogP contribution is -2.45. The molecule has 0 aliphatic carbocycles. The number of aromatic carboxylic acids is 1. The van der Waals surface area contributed by atoms with Gasteiger partial charge in [0.15, 0.2) is 0 Å². The molecule has 3 rings (SSSR count). The number of carbonyl (C=O) groups excluding carboxylic acids is 2. The predicted molar refractivity (Wildman–Crippen MR) is 134 cm³/mol. The molecule has 0 heterocycles. The van der Waals surface area contributed by atoms with Crippen molar-refractivity contribution in [2.75, 3.05) is 11.9 Å². The van der Waals surface area contributed by atoms with Gasteiger partial charge in [-0.15, -0.1) is 0 Å². The summed E-state index contributed by atoms with van der Waals surface area (Å²) >= 11 is 0. The first kappa shape index (κ1) is 25.6. The van der Waals surface area contributed by atoms with Crippen molar-refractivity contribution in [1.82, 2.24) is 5.32 Å². The van der Waals surface area contributed by atoms with Crippen LogP contribution >= 0.6 is 0 Å². The summed E-state index contributed by atoms with van der Waals surface area (Å²) in [7, 11) is 0. The molecule has 1 atom stereocenters. The van der Waals surface area contributed by atoms with Gasteiger partial charge in [-0.3, -0.25) is 0 Å². The lowest BCUT2D eigenvalue weighted by atomic mass is 10.0. The van der Waals surface area contributed by atoms with Gasteiger partial charge in [-0.05, 0) is 68.3 Å².